The molecule has 0 unspecified atom stereocenters. The molecule has 0 aliphatic carbocycles. The highest BCUT2D eigenvalue weighted by atomic mass is 28.1. The Morgan fingerprint density at radius 3 is 2.17 bits per heavy atom. The summed E-state index contributed by atoms with van der Waals surface area (Å²) < 4.78 is 0. The van der Waals surface area contributed by atoms with Gasteiger partial charge in [0, 0.05) is 10.2 Å². The van der Waals surface area contributed by atoms with E-state index >= 15 is 0 Å². The normalized spacial score (nSPS) is 7.83. The average Bonchev–Trinajstić information content (AvgIpc) is 1.35. The minimum atomic E-state index is 1.20. The molecule has 0 N–H and O–H groups in total. The van der Waals surface area contributed by atoms with Crippen LogP contribution in [0.1, 0.15) is 13.8 Å². The predicted octanol–water partition coefficient (Wildman–Crippen LogP) is 1.00. The zero-order chi connectivity index (χ0) is 4.99. The fourth-order valence-corrected chi connectivity index (χ4v) is 0.866. The highest BCUT2D eigenvalue weighted by Gasteiger charge is 1.67. The molecule has 0 spiro atoms. The summed E-state index contributed by atoms with van der Waals surface area (Å²) in [7, 11) is 1.98. The van der Waals surface area contributed by atoms with Gasteiger partial charge in [0.2, 0.25) is 0 Å². The van der Waals surface area contributed by atoms with Gasteiger partial charge in [-0.2, -0.15) is 0 Å². The van der Waals surface area contributed by atoms with Gasteiger partial charge in [-0.3, -0.25) is 0 Å². The number of hydrogen-bond donors (Lipinski definition) is 0. The van der Waals surface area contributed by atoms with Gasteiger partial charge in [0.1, 0.15) is 0 Å². The topological polar surface area (TPSA) is 0 Å². The molecule has 0 heterocycles. The molecular weight excluding hydrogens is 88.1 g/mol. The molecule has 0 aromatic carbocycles. The first-order valence-corrected chi connectivity index (χ1v) is 3.20. The van der Waals surface area contributed by atoms with E-state index in [2.05, 4.69) is 19.9 Å². The van der Waals surface area contributed by atoms with Crippen LogP contribution < -0.4 is 0 Å². The molecule has 1 heteroatoms. The summed E-state index contributed by atoms with van der Waals surface area (Å²) in [6.07, 6.45) is 2.22. The second-order valence-corrected chi connectivity index (χ2v) is 2.15. The van der Waals surface area contributed by atoms with Crippen LogP contribution in [0.15, 0.2) is 11.6 Å². The molecule has 0 aromatic rings. The molecule has 0 saturated heterocycles. The highest BCUT2D eigenvalue weighted by Crippen LogP contribution is 1.87. The molecule has 35 valence electrons. The van der Waals surface area contributed by atoms with Crippen LogP contribution >= 0.6 is 0 Å². The van der Waals surface area contributed by atoms with Crippen molar-refractivity contribution in [2.24, 2.45) is 0 Å². The Labute approximate surface area is 42.7 Å². The molecule has 0 bridgehead atoms. The van der Waals surface area contributed by atoms with Crippen molar-refractivity contribution in [2.45, 2.75) is 19.9 Å². The lowest BCUT2D eigenvalue weighted by Crippen LogP contribution is -1.61. The van der Waals surface area contributed by atoms with Gasteiger partial charge in [-0.05, 0) is 19.9 Å². The molecule has 0 aliphatic rings. The fourth-order valence-electron chi connectivity index (χ4n) is 0.289. The van der Waals surface area contributed by atoms with Crippen molar-refractivity contribution >= 4 is 10.2 Å². The minimum absolute atomic E-state index is 1.20. The lowest BCUT2D eigenvalue weighted by atomic mass is 10.3. The highest BCUT2D eigenvalue weighted by molar-refractivity contribution is 6.09. The first-order valence-electron chi connectivity index (χ1n) is 2.20. The Kier molecular flexibility index (Phi) is 3.14. The second-order valence-electron chi connectivity index (χ2n) is 1.57. The van der Waals surface area contributed by atoms with Crippen LogP contribution in [0, 0.1) is 0 Å². The van der Waals surface area contributed by atoms with E-state index in [0.717, 1.165) is 0 Å². The van der Waals surface area contributed by atoms with Gasteiger partial charge < -0.3 is 0 Å². The van der Waals surface area contributed by atoms with Gasteiger partial charge in [0.05, 0.1) is 0 Å². The fraction of sp³-hybridized carbons (Fsp3) is 0.600. The molecule has 0 aromatic heterocycles. The molecule has 0 atom stereocenters. The van der Waals surface area contributed by atoms with E-state index in [4.69, 9.17) is 0 Å². The molecule has 0 amide bonds. The van der Waals surface area contributed by atoms with E-state index in [0.29, 0.717) is 0 Å². The van der Waals surface area contributed by atoms with Gasteiger partial charge in [0.25, 0.3) is 0 Å². The zero-order valence-electron chi connectivity index (χ0n) is 4.49. The molecule has 0 fully saturated rings. The van der Waals surface area contributed by atoms with E-state index in [9.17, 15) is 0 Å². The van der Waals surface area contributed by atoms with Crippen LogP contribution in [-0.2, 0) is 0 Å². The molecule has 0 saturated carbocycles. The van der Waals surface area contributed by atoms with Crippen molar-refractivity contribution < 1.29 is 0 Å². The second kappa shape index (κ2) is 3.16. The largest absolute Gasteiger partial charge is 0.0894 e. The molecule has 0 aliphatic heterocycles. The summed E-state index contributed by atoms with van der Waals surface area (Å²) >= 11 is 0. The van der Waals surface area contributed by atoms with Gasteiger partial charge >= 0.3 is 0 Å². The summed E-state index contributed by atoms with van der Waals surface area (Å²) in [5.41, 5.74) is 1.42. The summed E-state index contributed by atoms with van der Waals surface area (Å²) in [6, 6.07) is 1.20. The van der Waals surface area contributed by atoms with Crippen LogP contribution in [-0.4, -0.2) is 10.2 Å². The van der Waals surface area contributed by atoms with Crippen molar-refractivity contribution in [1.29, 1.82) is 0 Å². The van der Waals surface area contributed by atoms with E-state index in [1.807, 2.05) is 10.2 Å². The summed E-state index contributed by atoms with van der Waals surface area (Å²) in [5, 5.41) is 0. The lowest BCUT2D eigenvalue weighted by Gasteiger charge is -1.80. The number of allylic oxidation sites excluding steroid dienone is 2. The van der Waals surface area contributed by atoms with Crippen LogP contribution in [0.3, 0.4) is 0 Å². The third kappa shape index (κ3) is 3.96. The standard InChI is InChI=1S/C5H11Si/c1-5(2)3-4-6/h3H,4,6H2,1-2H3. The van der Waals surface area contributed by atoms with Gasteiger partial charge in [-0.15, -0.1) is 0 Å². The maximum absolute atomic E-state index is 2.22. The Balaban J connectivity index is 3.14. The van der Waals surface area contributed by atoms with Crippen LogP contribution in [0.2, 0.25) is 6.04 Å². The van der Waals surface area contributed by atoms with Gasteiger partial charge in [0.15, 0.2) is 0 Å². The van der Waals surface area contributed by atoms with E-state index in [1.54, 1.807) is 0 Å². The molecule has 0 rings (SSSR count). The Morgan fingerprint density at radius 2 is 2.17 bits per heavy atom. The summed E-state index contributed by atoms with van der Waals surface area (Å²) in [6.45, 7) is 4.24. The van der Waals surface area contributed by atoms with Gasteiger partial charge in [-0.1, -0.05) is 11.6 Å². The van der Waals surface area contributed by atoms with Crippen molar-refractivity contribution in [1.82, 2.24) is 0 Å². The maximum Gasteiger partial charge on any atom is 0.0130 e. The first kappa shape index (κ1) is 5.96. The van der Waals surface area contributed by atoms with Crippen molar-refractivity contribution in [2.75, 3.05) is 0 Å². The van der Waals surface area contributed by atoms with E-state index in [-0.39, 0.29) is 0 Å². The average molecular weight is 99.2 g/mol. The molecule has 0 nitrogen and oxygen atoms in total. The SMILES string of the molecule is CC(C)=CC[SiH2]. The van der Waals surface area contributed by atoms with E-state index < -0.39 is 0 Å². The summed E-state index contributed by atoms with van der Waals surface area (Å²) in [5.74, 6) is 0. The quantitative estimate of drug-likeness (QED) is 0.340. The molecular formula is C5H11Si. The third-order valence-corrected chi connectivity index (χ3v) is 0.841. The smallest absolute Gasteiger partial charge is 0.0130 e. The third-order valence-electron chi connectivity index (χ3n) is 0.553. The van der Waals surface area contributed by atoms with Crippen LogP contribution in [0.4, 0.5) is 0 Å². The first-order chi connectivity index (χ1) is 2.77. The number of rotatable bonds is 1. The maximum atomic E-state index is 2.22. The molecule has 6 heavy (non-hydrogen) atoms. The predicted molar refractivity (Wildman–Crippen MR) is 32.8 cm³/mol. The van der Waals surface area contributed by atoms with Crippen LogP contribution in [0.25, 0.3) is 0 Å². The van der Waals surface area contributed by atoms with Crippen molar-refractivity contribution in [3.63, 3.8) is 0 Å². The Bertz CT molecular complexity index is 51.0. The van der Waals surface area contributed by atoms with Crippen molar-refractivity contribution in [3.05, 3.63) is 11.6 Å². The Hall–Kier alpha value is -0.0431. The van der Waals surface area contributed by atoms with E-state index in [1.165, 1.54) is 11.6 Å². The minimum Gasteiger partial charge on any atom is -0.0894 e. The monoisotopic (exact) mass is 99.1 g/mol. The number of hydrogen-bond acceptors (Lipinski definition) is 0. The molecule has 1 radical (unpaired) electrons. The zero-order valence-corrected chi connectivity index (χ0v) is 5.91. The Morgan fingerprint density at radius 1 is 1.67 bits per heavy atom. The summed E-state index contributed by atoms with van der Waals surface area (Å²) in [4.78, 5) is 0. The van der Waals surface area contributed by atoms with Gasteiger partial charge in [-0.25, -0.2) is 0 Å². The van der Waals surface area contributed by atoms with Crippen molar-refractivity contribution in [3.8, 4) is 0 Å². The lowest BCUT2D eigenvalue weighted by molar-refractivity contribution is 1.36. The van der Waals surface area contributed by atoms with Crippen LogP contribution in [0.5, 0.6) is 0 Å².